The zero-order valence-corrected chi connectivity index (χ0v) is 15.0. The van der Waals surface area contributed by atoms with Gasteiger partial charge in [-0.25, -0.2) is 0 Å². The molecule has 24 heavy (non-hydrogen) atoms. The van der Waals surface area contributed by atoms with Crippen LogP contribution in [0.25, 0.3) is 0 Å². The molecule has 2 saturated heterocycles. The van der Waals surface area contributed by atoms with Crippen LogP contribution in [-0.4, -0.2) is 35.6 Å². The highest BCUT2D eigenvalue weighted by atomic mass is 35.5. The smallest absolute Gasteiger partial charge is 0.292 e. The van der Waals surface area contributed by atoms with E-state index in [0.717, 1.165) is 18.3 Å². The molecule has 0 aliphatic carbocycles. The van der Waals surface area contributed by atoms with Crippen molar-refractivity contribution < 1.29 is 14.0 Å². The van der Waals surface area contributed by atoms with Crippen molar-refractivity contribution in [3.8, 4) is 0 Å². The Balaban J connectivity index is 1.63. The maximum absolute atomic E-state index is 6.29. The van der Waals surface area contributed by atoms with E-state index in [0.29, 0.717) is 22.4 Å². The number of likely N-dealkylation sites (N-methyl/N-ethyl adjacent to an activating group) is 1. The van der Waals surface area contributed by atoms with E-state index in [-0.39, 0.29) is 0 Å². The number of pyridine rings is 1. The molecule has 3 aliphatic heterocycles. The number of quaternary nitrogens is 1. The summed E-state index contributed by atoms with van der Waals surface area (Å²) in [5.41, 5.74) is 1.91. The van der Waals surface area contributed by atoms with E-state index in [4.69, 9.17) is 21.1 Å². The molecule has 1 aromatic heterocycles. The first kappa shape index (κ1) is 15.7. The molecule has 4 unspecified atom stereocenters. The fourth-order valence-electron chi connectivity index (χ4n) is 4.01. The Labute approximate surface area is 147 Å². The van der Waals surface area contributed by atoms with Crippen LogP contribution < -0.4 is 0 Å². The summed E-state index contributed by atoms with van der Waals surface area (Å²) in [7, 11) is 2.31. The van der Waals surface area contributed by atoms with E-state index < -0.39 is 5.79 Å². The van der Waals surface area contributed by atoms with E-state index in [2.05, 4.69) is 31.6 Å². The van der Waals surface area contributed by atoms with Crippen molar-refractivity contribution >= 4 is 11.6 Å². The van der Waals surface area contributed by atoms with Gasteiger partial charge < -0.3 is 14.0 Å². The molecule has 2 fully saturated rings. The van der Waals surface area contributed by atoms with E-state index in [1.807, 2.05) is 13.0 Å². The standard InChI is InChI=1S/C19H22ClN2O2/c1-5-13(14-10-22(4)11-15(14)22)18-16(6-2)23-19(3,24-18)17-8-7-12(20)9-21-17/h5-9,14-15H,2,10-11H2,1,3-4H3/q+1/b13-5-. The molecule has 0 N–H and O–H groups in total. The van der Waals surface area contributed by atoms with Crippen molar-refractivity contribution in [3.63, 3.8) is 0 Å². The lowest BCUT2D eigenvalue weighted by Crippen LogP contribution is -2.46. The highest BCUT2D eigenvalue weighted by molar-refractivity contribution is 6.30. The summed E-state index contributed by atoms with van der Waals surface area (Å²) >= 11 is 5.94. The van der Waals surface area contributed by atoms with Crippen molar-refractivity contribution in [1.82, 2.24) is 4.98 Å². The summed E-state index contributed by atoms with van der Waals surface area (Å²) in [6.07, 6.45) is 5.48. The number of rotatable bonds is 4. The Kier molecular flexibility index (Phi) is 3.35. The molecule has 5 heteroatoms. The number of hydrogen-bond acceptors (Lipinski definition) is 3. The van der Waals surface area contributed by atoms with Gasteiger partial charge in [-0.2, -0.15) is 0 Å². The molecular formula is C19H22ClN2O2+. The first-order valence-corrected chi connectivity index (χ1v) is 8.65. The Morgan fingerprint density at radius 3 is 2.71 bits per heavy atom. The van der Waals surface area contributed by atoms with Gasteiger partial charge in [-0.15, -0.1) is 0 Å². The van der Waals surface area contributed by atoms with Gasteiger partial charge in [0.1, 0.15) is 12.2 Å². The van der Waals surface area contributed by atoms with Gasteiger partial charge in [-0.3, -0.25) is 4.98 Å². The van der Waals surface area contributed by atoms with E-state index >= 15 is 0 Å². The fraction of sp³-hybridized carbons (Fsp3) is 0.421. The van der Waals surface area contributed by atoms with E-state index in [9.17, 15) is 0 Å². The minimum Gasteiger partial charge on any atom is -0.443 e. The van der Waals surface area contributed by atoms with Gasteiger partial charge >= 0.3 is 0 Å². The number of hydrogen-bond donors (Lipinski definition) is 0. The Morgan fingerprint density at radius 2 is 2.21 bits per heavy atom. The van der Waals surface area contributed by atoms with Crippen molar-refractivity contribution in [2.24, 2.45) is 5.92 Å². The maximum Gasteiger partial charge on any atom is 0.292 e. The first-order valence-electron chi connectivity index (χ1n) is 8.28. The average molecular weight is 346 g/mol. The highest BCUT2D eigenvalue weighted by Gasteiger charge is 2.68. The van der Waals surface area contributed by atoms with Crippen LogP contribution in [0.15, 0.2) is 54.2 Å². The second-order valence-corrected chi connectivity index (χ2v) is 7.61. The third kappa shape index (κ3) is 2.20. The SMILES string of the molecule is C=CC1=C(/C(=C\C)C2C[N+]3(C)CC23)OC(C)(c2ccc(Cl)cn2)O1. The van der Waals surface area contributed by atoms with Crippen molar-refractivity contribution in [2.45, 2.75) is 25.7 Å². The lowest BCUT2D eigenvalue weighted by molar-refractivity contribution is -0.835. The Bertz CT molecular complexity index is 770. The zero-order valence-electron chi connectivity index (χ0n) is 14.3. The molecule has 4 heterocycles. The first-order chi connectivity index (χ1) is 11.4. The minimum atomic E-state index is -0.955. The number of nitrogens with zero attached hydrogens (tertiary/aromatic N) is 2. The molecule has 3 aliphatic rings. The molecule has 0 saturated carbocycles. The number of halogens is 1. The molecule has 0 amide bonds. The van der Waals surface area contributed by atoms with Crippen LogP contribution in [0.1, 0.15) is 19.5 Å². The van der Waals surface area contributed by atoms with Crippen molar-refractivity contribution in [2.75, 3.05) is 20.1 Å². The van der Waals surface area contributed by atoms with Gasteiger partial charge in [-0.05, 0) is 25.1 Å². The normalized spacial score (nSPS) is 37.2. The molecule has 0 bridgehead atoms. The van der Waals surface area contributed by atoms with Crippen LogP contribution in [0.5, 0.6) is 0 Å². The van der Waals surface area contributed by atoms with Crippen LogP contribution in [-0.2, 0) is 15.3 Å². The summed E-state index contributed by atoms with van der Waals surface area (Å²) in [6.45, 7) is 10.3. The molecule has 0 aromatic carbocycles. The van der Waals surface area contributed by atoms with Crippen LogP contribution in [0.3, 0.4) is 0 Å². The van der Waals surface area contributed by atoms with Crippen LogP contribution in [0.4, 0.5) is 0 Å². The predicted octanol–water partition coefficient (Wildman–Crippen LogP) is 3.76. The van der Waals surface area contributed by atoms with E-state index in [1.54, 1.807) is 18.3 Å². The largest absolute Gasteiger partial charge is 0.443 e. The molecule has 1 aromatic rings. The van der Waals surface area contributed by atoms with Crippen molar-refractivity contribution in [3.05, 3.63) is 64.9 Å². The lowest BCUT2D eigenvalue weighted by Gasteiger charge is -2.33. The molecule has 0 spiro atoms. The monoisotopic (exact) mass is 345 g/mol. The number of aromatic nitrogens is 1. The maximum atomic E-state index is 6.29. The summed E-state index contributed by atoms with van der Waals surface area (Å²) < 4.78 is 13.6. The fourth-order valence-corrected chi connectivity index (χ4v) is 4.12. The third-order valence-corrected chi connectivity index (χ3v) is 5.75. The average Bonchev–Trinajstić information content (AvgIpc) is 2.92. The van der Waals surface area contributed by atoms with Gasteiger partial charge in [0.25, 0.3) is 5.79 Å². The molecule has 0 radical (unpaired) electrons. The molecule has 4 rings (SSSR count). The molecule has 4 nitrogen and oxygen atoms in total. The van der Waals surface area contributed by atoms with Crippen LogP contribution in [0, 0.1) is 5.92 Å². The van der Waals surface area contributed by atoms with Gasteiger partial charge in [0.15, 0.2) is 17.6 Å². The zero-order chi connectivity index (χ0) is 17.1. The summed E-state index contributed by atoms with van der Waals surface area (Å²) in [5.74, 6) is 1.07. The minimum absolute atomic E-state index is 0.536. The van der Waals surface area contributed by atoms with Gasteiger partial charge in [0, 0.05) is 18.7 Å². The van der Waals surface area contributed by atoms with Crippen molar-refractivity contribution in [1.29, 1.82) is 0 Å². The Hall–Kier alpha value is -1.78. The highest BCUT2D eigenvalue weighted by Crippen LogP contribution is 2.53. The third-order valence-electron chi connectivity index (χ3n) is 5.53. The molecular weight excluding hydrogens is 324 g/mol. The predicted molar refractivity (Wildman–Crippen MR) is 92.9 cm³/mol. The second kappa shape index (κ2) is 5.11. The second-order valence-electron chi connectivity index (χ2n) is 7.17. The number of fused-ring (bicyclic) bond motifs is 1. The van der Waals surface area contributed by atoms with Gasteiger partial charge in [0.05, 0.1) is 24.5 Å². The van der Waals surface area contributed by atoms with Crippen LogP contribution >= 0.6 is 11.6 Å². The van der Waals surface area contributed by atoms with Gasteiger partial charge in [0.2, 0.25) is 0 Å². The van der Waals surface area contributed by atoms with Gasteiger partial charge in [-0.1, -0.05) is 24.3 Å². The number of ether oxygens (including phenoxy) is 2. The summed E-state index contributed by atoms with van der Waals surface area (Å²) in [5, 5.41) is 0.590. The van der Waals surface area contributed by atoms with E-state index in [1.165, 1.54) is 16.6 Å². The molecule has 4 atom stereocenters. The number of allylic oxidation sites excluding steroid dienone is 3. The lowest BCUT2D eigenvalue weighted by atomic mass is 9.88. The quantitative estimate of drug-likeness (QED) is 0.615. The topological polar surface area (TPSA) is 31.4 Å². The Morgan fingerprint density at radius 1 is 1.42 bits per heavy atom. The summed E-state index contributed by atoms with van der Waals surface area (Å²) in [6, 6.07) is 4.35. The van der Waals surface area contributed by atoms with Crippen LogP contribution in [0.2, 0.25) is 5.02 Å². The summed E-state index contributed by atoms with van der Waals surface area (Å²) in [4.78, 5) is 4.37. The molecule has 126 valence electrons.